The van der Waals surface area contributed by atoms with Crippen LogP contribution in [-0.4, -0.2) is 61.3 Å². The van der Waals surface area contributed by atoms with E-state index in [0.29, 0.717) is 6.10 Å². The fourth-order valence-electron chi connectivity index (χ4n) is 2.19. The van der Waals surface area contributed by atoms with Gasteiger partial charge in [-0.15, -0.1) is 0 Å². The SMILES string of the molecule is CN(C)CCCNc1cc(NCC2CCCO2)ncn1. The van der Waals surface area contributed by atoms with E-state index in [1.54, 1.807) is 6.33 Å². The zero-order chi connectivity index (χ0) is 14.2. The molecule has 0 bridgehead atoms. The molecule has 0 radical (unpaired) electrons. The Bertz CT molecular complexity index is 393. The van der Waals surface area contributed by atoms with Crippen molar-refractivity contribution < 1.29 is 4.74 Å². The van der Waals surface area contributed by atoms with E-state index in [-0.39, 0.29) is 0 Å². The summed E-state index contributed by atoms with van der Waals surface area (Å²) >= 11 is 0. The van der Waals surface area contributed by atoms with Crippen LogP contribution >= 0.6 is 0 Å². The summed E-state index contributed by atoms with van der Waals surface area (Å²) in [6.07, 6.45) is 5.30. The molecule has 20 heavy (non-hydrogen) atoms. The largest absolute Gasteiger partial charge is 0.376 e. The first kappa shape index (κ1) is 15.0. The lowest BCUT2D eigenvalue weighted by Crippen LogP contribution is -2.19. The molecule has 0 saturated carbocycles. The lowest BCUT2D eigenvalue weighted by atomic mass is 10.2. The quantitative estimate of drug-likeness (QED) is 0.702. The highest BCUT2D eigenvalue weighted by atomic mass is 16.5. The third kappa shape index (κ3) is 5.30. The van der Waals surface area contributed by atoms with Gasteiger partial charge in [0, 0.05) is 25.8 Å². The van der Waals surface area contributed by atoms with Crippen molar-refractivity contribution in [3.8, 4) is 0 Å². The van der Waals surface area contributed by atoms with Gasteiger partial charge in [-0.2, -0.15) is 0 Å². The molecule has 2 heterocycles. The summed E-state index contributed by atoms with van der Waals surface area (Å²) in [6.45, 7) is 3.69. The average Bonchev–Trinajstić information content (AvgIpc) is 2.95. The standard InChI is InChI=1S/C14H25N5O/c1-19(2)7-4-6-15-13-9-14(18-11-17-13)16-10-12-5-3-8-20-12/h9,11-12H,3-8,10H2,1-2H3,(H2,15,16,17,18). The van der Waals surface area contributed by atoms with Crippen LogP contribution in [0.15, 0.2) is 12.4 Å². The molecule has 1 saturated heterocycles. The van der Waals surface area contributed by atoms with E-state index < -0.39 is 0 Å². The van der Waals surface area contributed by atoms with Gasteiger partial charge in [0.1, 0.15) is 18.0 Å². The molecule has 1 fully saturated rings. The van der Waals surface area contributed by atoms with Gasteiger partial charge in [-0.3, -0.25) is 0 Å². The van der Waals surface area contributed by atoms with Gasteiger partial charge in [0.25, 0.3) is 0 Å². The molecule has 2 N–H and O–H groups in total. The Labute approximate surface area is 120 Å². The molecule has 112 valence electrons. The van der Waals surface area contributed by atoms with Gasteiger partial charge in [0.2, 0.25) is 0 Å². The van der Waals surface area contributed by atoms with Crippen molar-refractivity contribution >= 4 is 11.6 Å². The first-order chi connectivity index (χ1) is 9.74. The number of rotatable bonds is 8. The number of nitrogens with zero attached hydrogens (tertiary/aromatic N) is 3. The van der Waals surface area contributed by atoms with Gasteiger partial charge in [-0.25, -0.2) is 9.97 Å². The van der Waals surface area contributed by atoms with Gasteiger partial charge in [0.05, 0.1) is 6.10 Å². The van der Waals surface area contributed by atoms with E-state index in [2.05, 4.69) is 39.6 Å². The van der Waals surface area contributed by atoms with Gasteiger partial charge in [-0.1, -0.05) is 0 Å². The topological polar surface area (TPSA) is 62.3 Å². The fraction of sp³-hybridized carbons (Fsp3) is 0.714. The third-order valence-corrected chi connectivity index (χ3v) is 3.29. The Morgan fingerprint density at radius 1 is 1.30 bits per heavy atom. The highest BCUT2D eigenvalue weighted by Gasteiger charge is 2.14. The lowest BCUT2D eigenvalue weighted by Gasteiger charge is -2.12. The first-order valence-corrected chi connectivity index (χ1v) is 7.30. The number of nitrogens with one attached hydrogen (secondary N) is 2. The molecule has 1 aliphatic rings. The van der Waals surface area contributed by atoms with Crippen molar-refractivity contribution in [1.29, 1.82) is 0 Å². The monoisotopic (exact) mass is 279 g/mol. The minimum Gasteiger partial charge on any atom is -0.376 e. The molecule has 6 heteroatoms. The maximum absolute atomic E-state index is 5.58. The first-order valence-electron chi connectivity index (χ1n) is 7.30. The molecule has 2 rings (SSSR count). The van der Waals surface area contributed by atoms with Crippen LogP contribution in [0.5, 0.6) is 0 Å². The lowest BCUT2D eigenvalue weighted by molar-refractivity contribution is 0.120. The maximum Gasteiger partial charge on any atom is 0.131 e. The molecule has 0 aliphatic carbocycles. The van der Waals surface area contributed by atoms with Crippen LogP contribution in [0.4, 0.5) is 11.6 Å². The second-order valence-corrected chi connectivity index (χ2v) is 5.39. The van der Waals surface area contributed by atoms with Crippen molar-refractivity contribution in [3.05, 3.63) is 12.4 Å². The van der Waals surface area contributed by atoms with E-state index in [4.69, 9.17) is 4.74 Å². The minimum absolute atomic E-state index is 0.321. The maximum atomic E-state index is 5.58. The Balaban J connectivity index is 1.72. The molecule has 6 nitrogen and oxygen atoms in total. The third-order valence-electron chi connectivity index (χ3n) is 3.29. The normalized spacial score (nSPS) is 18.4. The summed E-state index contributed by atoms with van der Waals surface area (Å²) in [6, 6.07) is 1.95. The average molecular weight is 279 g/mol. The van der Waals surface area contributed by atoms with Crippen molar-refractivity contribution in [3.63, 3.8) is 0 Å². The number of hydrogen-bond acceptors (Lipinski definition) is 6. The summed E-state index contributed by atoms with van der Waals surface area (Å²) in [5, 5.41) is 6.63. The van der Waals surface area contributed by atoms with Crippen LogP contribution in [0.1, 0.15) is 19.3 Å². The number of hydrogen-bond donors (Lipinski definition) is 2. The summed E-state index contributed by atoms with van der Waals surface area (Å²) in [5.41, 5.74) is 0. The summed E-state index contributed by atoms with van der Waals surface area (Å²) in [4.78, 5) is 10.6. The minimum atomic E-state index is 0.321. The van der Waals surface area contributed by atoms with Crippen LogP contribution in [0.25, 0.3) is 0 Å². The molecular formula is C14H25N5O. The molecule has 1 atom stereocenters. The Morgan fingerprint density at radius 3 is 2.80 bits per heavy atom. The Hall–Kier alpha value is -1.40. The summed E-state index contributed by atoms with van der Waals surface area (Å²) in [5.74, 6) is 1.72. The number of ether oxygens (including phenoxy) is 1. The van der Waals surface area contributed by atoms with Crippen molar-refractivity contribution in [1.82, 2.24) is 14.9 Å². The van der Waals surface area contributed by atoms with Crippen LogP contribution < -0.4 is 10.6 Å². The second-order valence-electron chi connectivity index (χ2n) is 5.39. The predicted molar refractivity (Wildman–Crippen MR) is 81.2 cm³/mol. The zero-order valence-corrected chi connectivity index (χ0v) is 12.4. The molecule has 1 unspecified atom stereocenters. The van der Waals surface area contributed by atoms with Crippen LogP contribution in [-0.2, 0) is 4.74 Å². The summed E-state index contributed by atoms with van der Waals surface area (Å²) < 4.78 is 5.58. The van der Waals surface area contributed by atoms with E-state index in [0.717, 1.165) is 57.1 Å². The van der Waals surface area contributed by atoms with Crippen LogP contribution in [0.3, 0.4) is 0 Å². The van der Waals surface area contributed by atoms with Crippen LogP contribution in [0, 0.1) is 0 Å². The fourth-order valence-corrected chi connectivity index (χ4v) is 2.19. The molecule has 1 aromatic rings. The van der Waals surface area contributed by atoms with Crippen LogP contribution in [0.2, 0.25) is 0 Å². The molecule has 0 spiro atoms. The van der Waals surface area contributed by atoms with Crippen molar-refractivity contribution in [2.24, 2.45) is 0 Å². The van der Waals surface area contributed by atoms with E-state index in [1.165, 1.54) is 0 Å². The van der Waals surface area contributed by atoms with Gasteiger partial charge < -0.3 is 20.3 Å². The number of anilines is 2. The summed E-state index contributed by atoms with van der Waals surface area (Å²) in [7, 11) is 4.16. The zero-order valence-electron chi connectivity index (χ0n) is 12.4. The van der Waals surface area contributed by atoms with Crippen molar-refractivity contribution in [2.45, 2.75) is 25.4 Å². The Kier molecular flexibility index (Phi) is 6.01. The van der Waals surface area contributed by atoms with Gasteiger partial charge >= 0.3 is 0 Å². The molecule has 1 aliphatic heterocycles. The van der Waals surface area contributed by atoms with Gasteiger partial charge in [0.15, 0.2) is 0 Å². The molecular weight excluding hydrogens is 254 g/mol. The predicted octanol–water partition coefficient (Wildman–Crippen LogP) is 1.43. The highest BCUT2D eigenvalue weighted by Crippen LogP contribution is 2.14. The van der Waals surface area contributed by atoms with Crippen molar-refractivity contribution in [2.75, 3.05) is 51.0 Å². The number of aromatic nitrogens is 2. The highest BCUT2D eigenvalue weighted by molar-refractivity contribution is 5.46. The van der Waals surface area contributed by atoms with E-state index in [9.17, 15) is 0 Å². The van der Waals surface area contributed by atoms with Gasteiger partial charge in [-0.05, 0) is 39.9 Å². The second kappa shape index (κ2) is 8.01. The molecule has 0 aromatic carbocycles. The van der Waals surface area contributed by atoms with E-state index >= 15 is 0 Å². The molecule has 0 amide bonds. The van der Waals surface area contributed by atoms with E-state index in [1.807, 2.05) is 6.07 Å². The smallest absolute Gasteiger partial charge is 0.131 e. The Morgan fingerprint density at radius 2 is 2.10 bits per heavy atom. The molecule has 1 aromatic heterocycles.